The van der Waals surface area contributed by atoms with Gasteiger partial charge in [-0.15, -0.1) is 0 Å². The van der Waals surface area contributed by atoms with Gasteiger partial charge in [-0.25, -0.2) is 0 Å². The van der Waals surface area contributed by atoms with Gasteiger partial charge in [-0.2, -0.15) is 5.26 Å². The van der Waals surface area contributed by atoms with Gasteiger partial charge in [-0.1, -0.05) is 45.7 Å². The molecular weight excluding hydrogens is 510 g/mol. The summed E-state index contributed by atoms with van der Waals surface area (Å²) in [7, 11) is 0. The Morgan fingerprint density at radius 1 is 1.24 bits per heavy atom. The monoisotopic (exact) mass is 525 g/mol. The molecule has 0 heterocycles. The molecule has 0 saturated heterocycles. The van der Waals surface area contributed by atoms with Crippen LogP contribution < -0.4 is 10.1 Å². The molecule has 0 aliphatic rings. The van der Waals surface area contributed by atoms with Gasteiger partial charge in [0.2, 0.25) is 0 Å². The number of halogens is 2. The molecule has 33 heavy (non-hydrogen) atoms. The highest BCUT2D eigenvalue weighted by Crippen LogP contribution is 2.27. The largest absolute Gasteiger partial charge is 0.488 e. The van der Waals surface area contributed by atoms with Gasteiger partial charge in [0.15, 0.2) is 0 Å². The minimum Gasteiger partial charge on any atom is -0.488 e. The number of benzene rings is 3. The second-order valence-corrected chi connectivity index (χ2v) is 8.33. The lowest BCUT2D eigenvalue weighted by molar-refractivity contribution is -0.384. The number of nitriles is 1. The molecule has 0 atom stereocenters. The van der Waals surface area contributed by atoms with Crippen molar-refractivity contribution in [3.05, 3.63) is 103 Å². The number of carbonyl (C=O) groups is 1. The molecule has 0 aliphatic carbocycles. The molecule has 0 fully saturated rings. The molecule has 0 saturated carbocycles. The quantitative estimate of drug-likeness (QED) is 0.165. The standard InChI is InChI=1S/C24H17BrClN3O4/c1-15-5-7-20(26)12-22(15)28-24(30)18(13-27)10-17-11-19(25)6-8-23(17)33-14-16-3-2-4-21(9-16)29(31)32/h2-12H,14H2,1H3,(H,28,30)/b18-10+. The number of nitrogens with zero attached hydrogens (tertiary/aromatic N) is 2. The lowest BCUT2D eigenvalue weighted by Gasteiger charge is -2.11. The maximum Gasteiger partial charge on any atom is 0.269 e. The molecule has 3 rings (SSSR count). The maximum atomic E-state index is 12.7. The molecule has 0 aliphatic heterocycles. The highest BCUT2D eigenvalue weighted by molar-refractivity contribution is 9.10. The molecule has 0 spiro atoms. The van der Waals surface area contributed by atoms with Gasteiger partial charge in [0, 0.05) is 32.9 Å². The molecule has 166 valence electrons. The molecule has 0 unspecified atom stereocenters. The lowest BCUT2D eigenvalue weighted by atomic mass is 10.1. The predicted octanol–water partition coefficient (Wildman–Crippen LogP) is 6.44. The summed E-state index contributed by atoms with van der Waals surface area (Å²) in [6.45, 7) is 1.88. The number of anilines is 1. The first-order chi connectivity index (χ1) is 15.8. The minimum absolute atomic E-state index is 0.0354. The van der Waals surface area contributed by atoms with Crippen LogP contribution in [0.15, 0.2) is 70.7 Å². The third kappa shape index (κ3) is 6.42. The van der Waals surface area contributed by atoms with Crippen LogP contribution in [0.2, 0.25) is 5.02 Å². The van der Waals surface area contributed by atoms with Crippen molar-refractivity contribution < 1.29 is 14.5 Å². The van der Waals surface area contributed by atoms with E-state index >= 15 is 0 Å². The number of nitrogens with one attached hydrogen (secondary N) is 1. The van der Waals surface area contributed by atoms with Gasteiger partial charge in [-0.05, 0) is 54.5 Å². The number of nitro groups is 1. The number of hydrogen-bond donors (Lipinski definition) is 1. The Balaban J connectivity index is 1.85. The average Bonchev–Trinajstić information content (AvgIpc) is 2.79. The number of aryl methyl sites for hydroxylation is 1. The van der Waals surface area contributed by atoms with Crippen molar-refractivity contribution in [1.82, 2.24) is 0 Å². The van der Waals surface area contributed by atoms with Crippen molar-refractivity contribution in [3.63, 3.8) is 0 Å². The second-order valence-electron chi connectivity index (χ2n) is 6.98. The molecule has 3 aromatic carbocycles. The molecular formula is C24H17BrClN3O4. The van der Waals surface area contributed by atoms with Crippen LogP contribution >= 0.6 is 27.5 Å². The molecule has 7 nitrogen and oxygen atoms in total. The predicted molar refractivity (Wildman–Crippen MR) is 130 cm³/mol. The number of hydrogen-bond acceptors (Lipinski definition) is 5. The number of nitro benzene ring substituents is 1. The molecule has 9 heteroatoms. The molecule has 0 bridgehead atoms. The Morgan fingerprint density at radius 3 is 2.76 bits per heavy atom. The van der Waals surface area contributed by atoms with E-state index < -0.39 is 10.8 Å². The number of rotatable bonds is 7. The van der Waals surface area contributed by atoms with E-state index in [-0.39, 0.29) is 17.9 Å². The first-order valence-corrected chi connectivity index (χ1v) is 10.8. The van der Waals surface area contributed by atoms with E-state index in [9.17, 15) is 20.2 Å². The van der Waals surface area contributed by atoms with Crippen LogP contribution in [0.25, 0.3) is 6.08 Å². The molecule has 0 aromatic heterocycles. The fraction of sp³-hybridized carbons (Fsp3) is 0.0833. The van der Waals surface area contributed by atoms with Gasteiger partial charge in [0.05, 0.1) is 4.92 Å². The van der Waals surface area contributed by atoms with Gasteiger partial charge in [0.1, 0.15) is 24.0 Å². The van der Waals surface area contributed by atoms with Crippen LogP contribution in [0.3, 0.4) is 0 Å². The van der Waals surface area contributed by atoms with E-state index in [1.807, 2.05) is 13.0 Å². The van der Waals surface area contributed by atoms with E-state index in [1.165, 1.54) is 18.2 Å². The maximum absolute atomic E-state index is 12.7. The van der Waals surface area contributed by atoms with Crippen LogP contribution in [-0.4, -0.2) is 10.8 Å². The third-order valence-electron chi connectivity index (χ3n) is 4.60. The Labute approximate surface area is 203 Å². The molecule has 1 amide bonds. The zero-order chi connectivity index (χ0) is 24.0. The zero-order valence-electron chi connectivity index (χ0n) is 17.3. The second kappa shape index (κ2) is 10.8. The van der Waals surface area contributed by atoms with Gasteiger partial charge >= 0.3 is 0 Å². The Hall–Kier alpha value is -3.67. The van der Waals surface area contributed by atoms with Crippen LogP contribution in [0, 0.1) is 28.4 Å². The number of ether oxygens (including phenoxy) is 1. The van der Waals surface area contributed by atoms with Crippen molar-refractivity contribution in [2.45, 2.75) is 13.5 Å². The summed E-state index contributed by atoms with van der Waals surface area (Å²) in [4.78, 5) is 23.2. The first kappa shape index (κ1) is 24.0. The van der Waals surface area contributed by atoms with E-state index in [0.717, 1.165) is 10.0 Å². The summed E-state index contributed by atoms with van der Waals surface area (Å²) in [6, 6.07) is 18.3. The molecule has 1 N–H and O–H groups in total. The van der Waals surface area contributed by atoms with E-state index in [2.05, 4.69) is 21.2 Å². The van der Waals surface area contributed by atoms with Crippen LogP contribution in [0.5, 0.6) is 5.75 Å². The highest BCUT2D eigenvalue weighted by atomic mass is 79.9. The highest BCUT2D eigenvalue weighted by Gasteiger charge is 2.14. The van der Waals surface area contributed by atoms with Crippen molar-refractivity contribution in [3.8, 4) is 11.8 Å². The normalized spacial score (nSPS) is 10.9. The Kier molecular flexibility index (Phi) is 7.83. The average molecular weight is 527 g/mol. The van der Waals surface area contributed by atoms with E-state index in [1.54, 1.807) is 48.5 Å². The van der Waals surface area contributed by atoms with Crippen molar-refractivity contribution in [2.24, 2.45) is 0 Å². The molecule has 0 radical (unpaired) electrons. The first-order valence-electron chi connectivity index (χ1n) is 9.62. The summed E-state index contributed by atoms with van der Waals surface area (Å²) in [5.41, 5.74) is 2.24. The van der Waals surface area contributed by atoms with Crippen LogP contribution in [-0.2, 0) is 11.4 Å². The third-order valence-corrected chi connectivity index (χ3v) is 5.33. The topological polar surface area (TPSA) is 105 Å². The summed E-state index contributed by atoms with van der Waals surface area (Å²) < 4.78 is 6.57. The van der Waals surface area contributed by atoms with Crippen molar-refractivity contribution in [1.29, 1.82) is 5.26 Å². The summed E-state index contributed by atoms with van der Waals surface area (Å²) in [5.74, 6) is -0.184. The smallest absolute Gasteiger partial charge is 0.269 e. The fourth-order valence-electron chi connectivity index (χ4n) is 2.91. The van der Waals surface area contributed by atoms with Crippen molar-refractivity contribution >= 4 is 50.9 Å². The lowest BCUT2D eigenvalue weighted by Crippen LogP contribution is -2.14. The van der Waals surface area contributed by atoms with Crippen molar-refractivity contribution in [2.75, 3.05) is 5.32 Å². The number of carbonyl (C=O) groups excluding carboxylic acids is 1. The number of non-ortho nitro benzene ring substituents is 1. The van der Waals surface area contributed by atoms with Gasteiger partial charge < -0.3 is 10.1 Å². The Bertz CT molecular complexity index is 1300. The summed E-state index contributed by atoms with van der Waals surface area (Å²) in [5, 5.41) is 23.7. The van der Waals surface area contributed by atoms with Crippen LogP contribution in [0.4, 0.5) is 11.4 Å². The van der Waals surface area contributed by atoms with E-state index in [0.29, 0.717) is 27.6 Å². The Morgan fingerprint density at radius 2 is 2.03 bits per heavy atom. The fourth-order valence-corrected chi connectivity index (χ4v) is 3.46. The molecule has 3 aromatic rings. The number of amides is 1. The van der Waals surface area contributed by atoms with Gasteiger partial charge in [-0.3, -0.25) is 14.9 Å². The van der Waals surface area contributed by atoms with E-state index in [4.69, 9.17) is 16.3 Å². The SMILES string of the molecule is Cc1ccc(Cl)cc1NC(=O)/C(C#N)=C/c1cc(Br)ccc1OCc1cccc([N+](=O)[O-])c1. The summed E-state index contributed by atoms with van der Waals surface area (Å²) in [6.07, 6.45) is 1.42. The summed E-state index contributed by atoms with van der Waals surface area (Å²) >= 11 is 9.38. The van der Waals surface area contributed by atoms with Crippen LogP contribution in [0.1, 0.15) is 16.7 Å². The van der Waals surface area contributed by atoms with Gasteiger partial charge in [0.25, 0.3) is 11.6 Å². The zero-order valence-corrected chi connectivity index (χ0v) is 19.7. The minimum atomic E-state index is -0.590.